The maximum atomic E-state index is 6.25. The Kier molecular flexibility index (Phi) is 3.14. The van der Waals surface area contributed by atoms with Crippen LogP contribution in [0.5, 0.6) is 11.5 Å². The second kappa shape index (κ2) is 4.78. The van der Waals surface area contributed by atoms with Crippen molar-refractivity contribution in [1.29, 1.82) is 0 Å². The summed E-state index contributed by atoms with van der Waals surface area (Å²) in [6.07, 6.45) is 2.76. The molecule has 3 rings (SSSR count). The summed E-state index contributed by atoms with van der Waals surface area (Å²) in [7, 11) is 2.14. The highest BCUT2D eigenvalue weighted by Crippen LogP contribution is 2.34. The standard InChI is InChI=1S/C14H20N2O2/c1-16(7-10-2-3-10)8-12(15)11-4-5-13-14(6-11)18-9-17-13/h4-6,10,12H,2-3,7-9,15H2,1H3. The molecule has 1 unspecified atom stereocenters. The molecule has 1 aliphatic heterocycles. The Bertz CT molecular complexity index is 432. The summed E-state index contributed by atoms with van der Waals surface area (Å²) >= 11 is 0. The van der Waals surface area contributed by atoms with Crippen LogP contribution in [0.4, 0.5) is 0 Å². The Morgan fingerprint density at radius 2 is 2.11 bits per heavy atom. The predicted molar refractivity (Wildman–Crippen MR) is 69.7 cm³/mol. The molecule has 1 atom stereocenters. The van der Waals surface area contributed by atoms with Gasteiger partial charge in [0.15, 0.2) is 11.5 Å². The van der Waals surface area contributed by atoms with Crippen molar-refractivity contribution in [2.75, 3.05) is 26.9 Å². The molecule has 0 aromatic heterocycles. The second-order valence-corrected chi connectivity index (χ2v) is 5.38. The summed E-state index contributed by atoms with van der Waals surface area (Å²) in [6.45, 7) is 2.37. The number of ether oxygens (including phenoxy) is 2. The van der Waals surface area contributed by atoms with Crippen LogP contribution in [0.3, 0.4) is 0 Å². The molecule has 1 aromatic carbocycles. The van der Waals surface area contributed by atoms with Crippen molar-refractivity contribution in [1.82, 2.24) is 4.90 Å². The third-order valence-electron chi connectivity index (χ3n) is 3.60. The Balaban J connectivity index is 1.62. The van der Waals surface area contributed by atoms with Crippen molar-refractivity contribution in [2.24, 2.45) is 11.7 Å². The minimum atomic E-state index is 0.0308. The molecule has 0 radical (unpaired) electrons. The van der Waals surface area contributed by atoms with E-state index in [2.05, 4.69) is 11.9 Å². The second-order valence-electron chi connectivity index (χ2n) is 5.38. The van der Waals surface area contributed by atoms with E-state index in [4.69, 9.17) is 15.2 Å². The van der Waals surface area contributed by atoms with Crippen molar-refractivity contribution in [3.63, 3.8) is 0 Å². The van der Waals surface area contributed by atoms with Gasteiger partial charge in [-0.05, 0) is 43.5 Å². The van der Waals surface area contributed by atoms with Crippen LogP contribution in [0.25, 0.3) is 0 Å². The minimum Gasteiger partial charge on any atom is -0.454 e. The lowest BCUT2D eigenvalue weighted by molar-refractivity contribution is 0.174. The molecule has 98 valence electrons. The summed E-state index contributed by atoms with van der Waals surface area (Å²) in [4.78, 5) is 2.33. The molecule has 1 saturated carbocycles. The Morgan fingerprint density at radius 3 is 2.89 bits per heavy atom. The number of hydrogen-bond donors (Lipinski definition) is 1. The summed E-state index contributed by atoms with van der Waals surface area (Å²) in [6, 6.07) is 6.00. The number of nitrogens with two attached hydrogens (primary N) is 1. The molecule has 1 heterocycles. The number of benzene rings is 1. The Hall–Kier alpha value is -1.26. The predicted octanol–water partition coefficient (Wildman–Crippen LogP) is 1.76. The topological polar surface area (TPSA) is 47.7 Å². The number of nitrogens with zero attached hydrogens (tertiary/aromatic N) is 1. The van der Waals surface area contributed by atoms with Crippen LogP contribution in [0.2, 0.25) is 0 Å². The third kappa shape index (κ3) is 2.60. The van der Waals surface area contributed by atoms with E-state index < -0.39 is 0 Å². The first kappa shape index (κ1) is 11.8. The van der Waals surface area contributed by atoms with E-state index in [0.717, 1.165) is 36.1 Å². The summed E-state index contributed by atoms with van der Waals surface area (Å²) < 4.78 is 10.7. The van der Waals surface area contributed by atoms with Gasteiger partial charge >= 0.3 is 0 Å². The zero-order chi connectivity index (χ0) is 12.5. The lowest BCUT2D eigenvalue weighted by Crippen LogP contribution is -2.30. The minimum absolute atomic E-state index is 0.0308. The quantitative estimate of drug-likeness (QED) is 0.862. The van der Waals surface area contributed by atoms with Crippen LogP contribution in [-0.2, 0) is 0 Å². The van der Waals surface area contributed by atoms with E-state index in [1.807, 2.05) is 18.2 Å². The average Bonchev–Trinajstić information content (AvgIpc) is 3.03. The summed E-state index contributed by atoms with van der Waals surface area (Å²) in [5.41, 5.74) is 7.36. The number of likely N-dealkylation sites (N-methyl/N-ethyl adjacent to an activating group) is 1. The van der Waals surface area contributed by atoms with Crippen molar-refractivity contribution >= 4 is 0 Å². The Morgan fingerprint density at radius 1 is 1.33 bits per heavy atom. The van der Waals surface area contributed by atoms with Gasteiger partial charge in [0.2, 0.25) is 6.79 Å². The SMILES string of the molecule is CN(CC1CC1)CC(N)c1ccc2c(c1)OCO2. The molecule has 18 heavy (non-hydrogen) atoms. The first-order valence-electron chi connectivity index (χ1n) is 6.56. The summed E-state index contributed by atoms with van der Waals surface area (Å²) in [5, 5.41) is 0. The lowest BCUT2D eigenvalue weighted by atomic mass is 10.1. The lowest BCUT2D eigenvalue weighted by Gasteiger charge is -2.21. The van der Waals surface area contributed by atoms with Crippen LogP contribution in [-0.4, -0.2) is 31.8 Å². The highest BCUT2D eigenvalue weighted by Gasteiger charge is 2.24. The fourth-order valence-electron chi connectivity index (χ4n) is 2.40. The van der Waals surface area contributed by atoms with Gasteiger partial charge in [0.05, 0.1) is 0 Å². The normalized spacial score (nSPS) is 19.3. The first-order chi connectivity index (χ1) is 8.72. The molecule has 0 spiro atoms. The number of fused-ring (bicyclic) bond motifs is 1. The molecule has 1 aliphatic carbocycles. The monoisotopic (exact) mass is 248 g/mol. The van der Waals surface area contributed by atoms with Gasteiger partial charge in [-0.2, -0.15) is 0 Å². The fraction of sp³-hybridized carbons (Fsp3) is 0.571. The van der Waals surface area contributed by atoms with E-state index in [1.165, 1.54) is 12.8 Å². The van der Waals surface area contributed by atoms with Gasteiger partial charge in [-0.25, -0.2) is 0 Å². The molecule has 2 N–H and O–H groups in total. The van der Waals surface area contributed by atoms with Crippen molar-refractivity contribution in [3.8, 4) is 11.5 Å². The van der Waals surface area contributed by atoms with Crippen molar-refractivity contribution in [3.05, 3.63) is 23.8 Å². The fourth-order valence-corrected chi connectivity index (χ4v) is 2.40. The molecule has 4 nitrogen and oxygen atoms in total. The zero-order valence-corrected chi connectivity index (χ0v) is 10.8. The van der Waals surface area contributed by atoms with Crippen LogP contribution < -0.4 is 15.2 Å². The van der Waals surface area contributed by atoms with Gasteiger partial charge in [0.1, 0.15) is 0 Å². The van der Waals surface area contributed by atoms with E-state index in [1.54, 1.807) is 0 Å². The largest absolute Gasteiger partial charge is 0.454 e. The molecular weight excluding hydrogens is 228 g/mol. The number of rotatable bonds is 5. The maximum Gasteiger partial charge on any atom is 0.231 e. The molecule has 2 aliphatic rings. The van der Waals surface area contributed by atoms with Gasteiger partial charge < -0.3 is 20.1 Å². The Labute approximate surface area is 108 Å². The van der Waals surface area contributed by atoms with E-state index in [9.17, 15) is 0 Å². The maximum absolute atomic E-state index is 6.25. The highest BCUT2D eigenvalue weighted by molar-refractivity contribution is 5.45. The average molecular weight is 248 g/mol. The van der Waals surface area contributed by atoms with Gasteiger partial charge in [0.25, 0.3) is 0 Å². The van der Waals surface area contributed by atoms with Gasteiger partial charge in [0, 0.05) is 19.1 Å². The van der Waals surface area contributed by atoms with Crippen molar-refractivity contribution < 1.29 is 9.47 Å². The van der Waals surface area contributed by atoms with Gasteiger partial charge in [-0.15, -0.1) is 0 Å². The van der Waals surface area contributed by atoms with Gasteiger partial charge in [-0.3, -0.25) is 0 Å². The van der Waals surface area contributed by atoms with Gasteiger partial charge in [-0.1, -0.05) is 6.07 Å². The third-order valence-corrected chi connectivity index (χ3v) is 3.60. The van der Waals surface area contributed by atoms with Crippen LogP contribution in [0.1, 0.15) is 24.4 Å². The smallest absolute Gasteiger partial charge is 0.231 e. The highest BCUT2D eigenvalue weighted by atomic mass is 16.7. The van der Waals surface area contributed by atoms with Crippen LogP contribution in [0, 0.1) is 5.92 Å². The molecular formula is C14H20N2O2. The van der Waals surface area contributed by atoms with Crippen LogP contribution >= 0.6 is 0 Å². The number of hydrogen-bond acceptors (Lipinski definition) is 4. The molecule has 1 fully saturated rings. The van der Waals surface area contributed by atoms with Crippen molar-refractivity contribution in [2.45, 2.75) is 18.9 Å². The molecule has 0 saturated heterocycles. The zero-order valence-electron chi connectivity index (χ0n) is 10.8. The molecule has 0 bridgehead atoms. The summed E-state index contributed by atoms with van der Waals surface area (Å²) in [5.74, 6) is 2.53. The molecule has 0 amide bonds. The molecule has 4 heteroatoms. The van der Waals surface area contributed by atoms with E-state index in [0.29, 0.717) is 6.79 Å². The molecule has 1 aromatic rings. The first-order valence-corrected chi connectivity index (χ1v) is 6.56. The van der Waals surface area contributed by atoms with Crippen LogP contribution in [0.15, 0.2) is 18.2 Å². The van der Waals surface area contributed by atoms with E-state index in [-0.39, 0.29) is 6.04 Å². The van der Waals surface area contributed by atoms with E-state index >= 15 is 0 Å².